The summed E-state index contributed by atoms with van der Waals surface area (Å²) in [5.74, 6) is 0.476. The van der Waals surface area contributed by atoms with Crippen LogP contribution in [0.2, 0.25) is 5.02 Å². The normalized spacial score (nSPS) is 9.65. The van der Waals surface area contributed by atoms with E-state index in [2.05, 4.69) is 9.97 Å². The Morgan fingerprint density at radius 1 is 1.35 bits per heavy atom. The van der Waals surface area contributed by atoms with Crippen LogP contribution in [0.5, 0.6) is 11.6 Å². The summed E-state index contributed by atoms with van der Waals surface area (Å²) in [6.07, 6.45) is 1.20. The van der Waals surface area contributed by atoms with Gasteiger partial charge in [0.15, 0.2) is 5.02 Å². The van der Waals surface area contributed by atoms with Crippen molar-refractivity contribution in [2.45, 2.75) is 0 Å². The Labute approximate surface area is 101 Å². The quantitative estimate of drug-likeness (QED) is 0.881. The van der Waals surface area contributed by atoms with Crippen molar-refractivity contribution in [1.29, 1.82) is 5.26 Å². The number of H-pyrrole nitrogens is 1. The van der Waals surface area contributed by atoms with Gasteiger partial charge < -0.3 is 9.72 Å². The first-order valence-electron chi connectivity index (χ1n) is 4.62. The maximum atomic E-state index is 11.2. The second-order valence-corrected chi connectivity index (χ2v) is 3.47. The van der Waals surface area contributed by atoms with Gasteiger partial charge in [0.2, 0.25) is 5.88 Å². The number of nitriles is 1. The Bertz CT molecular complexity index is 628. The van der Waals surface area contributed by atoms with E-state index in [9.17, 15) is 4.79 Å². The number of ether oxygens (including phenoxy) is 1. The zero-order valence-electron chi connectivity index (χ0n) is 8.48. The Hall–Kier alpha value is -2.32. The number of nitrogens with zero attached hydrogens (tertiary/aromatic N) is 2. The average Bonchev–Trinajstić information content (AvgIpc) is 2.36. The van der Waals surface area contributed by atoms with Crippen molar-refractivity contribution in [1.82, 2.24) is 9.97 Å². The van der Waals surface area contributed by atoms with E-state index in [1.165, 1.54) is 6.33 Å². The Morgan fingerprint density at radius 2 is 2.06 bits per heavy atom. The third-order valence-electron chi connectivity index (χ3n) is 1.96. The smallest absolute Gasteiger partial charge is 0.273 e. The monoisotopic (exact) mass is 247 g/mol. The van der Waals surface area contributed by atoms with Crippen LogP contribution in [0.15, 0.2) is 35.4 Å². The molecular weight excluding hydrogens is 242 g/mol. The van der Waals surface area contributed by atoms with Crippen LogP contribution < -0.4 is 10.3 Å². The molecule has 2 rings (SSSR count). The highest BCUT2D eigenvalue weighted by Gasteiger charge is 2.07. The van der Waals surface area contributed by atoms with E-state index >= 15 is 0 Å². The van der Waals surface area contributed by atoms with Crippen LogP contribution in [-0.2, 0) is 0 Å². The van der Waals surface area contributed by atoms with E-state index in [0.29, 0.717) is 11.3 Å². The van der Waals surface area contributed by atoms with Crippen molar-refractivity contribution in [2.24, 2.45) is 0 Å². The lowest BCUT2D eigenvalue weighted by atomic mass is 10.2. The van der Waals surface area contributed by atoms with E-state index in [1.54, 1.807) is 24.3 Å². The number of rotatable bonds is 2. The molecule has 1 aromatic heterocycles. The molecule has 1 aromatic carbocycles. The van der Waals surface area contributed by atoms with Crippen LogP contribution in [0.1, 0.15) is 5.56 Å². The first kappa shape index (κ1) is 11.2. The van der Waals surface area contributed by atoms with E-state index in [-0.39, 0.29) is 10.9 Å². The maximum Gasteiger partial charge on any atom is 0.273 e. The molecule has 2 aromatic rings. The van der Waals surface area contributed by atoms with Gasteiger partial charge in [-0.2, -0.15) is 5.26 Å². The minimum absolute atomic E-state index is 0.0279. The standard InChI is InChI=1S/C11H6ClN3O2/c12-9-10(16)14-6-15-11(9)17-8-3-1-7(5-13)2-4-8/h1-4,6H,(H,14,15,16). The number of benzene rings is 1. The first-order chi connectivity index (χ1) is 8.20. The fraction of sp³-hybridized carbons (Fsp3) is 0. The number of nitrogens with one attached hydrogen (secondary N) is 1. The second-order valence-electron chi connectivity index (χ2n) is 3.09. The van der Waals surface area contributed by atoms with Crippen molar-refractivity contribution < 1.29 is 4.74 Å². The third-order valence-corrected chi connectivity index (χ3v) is 2.30. The molecule has 0 aliphatic rings. The lowest BCUT2D eigenvalue weighted by Crippen LogP contribution is -2.07. The van der Waals surface area contributed by atoms with Gasteiger partial charge in [-0.3, -0.25) is 4.79 Å². The molecule has 0 aliphatic heterocycles. The molecule has 0 saturated heterocycles. The summed E-state index contributed by atoms with van der Waals surface area (Å²) in [4.78, 5) is 17.3. The fourth-order valence-corrected chi connectivity index (χ4v) is 1.29. The number of aromatic nitrogens is 2. The third kappa shape index (κ3) is 2.44. The van der Waals surface area contributed by atoms with Crippen molar-refractivity contribution in [3.8, 4) is 17.7 Å². The molecule has 0 aliphatic carbocycles. The minimum atomic E-state index is -0.467. The van der Waals surface area contributed by atoms with E-state index in [4.69, 9.17) is 21.6 Å². The van der Waals surface area contributed by atoms with Crippen LogP contribution in [0.25, 0.3) is 0 Å². The SMILES string of the molecule is N#Cc1ccc(Oc2nc[nH]c(=O)c2Cl)cc1. The van der Waals surface area contributed by atoms with E-state index < -0.39 is 5.56 Å². The lowest BCUT2D eigenvalue weighted by molar-refractivity contribution is 0.461. The molecule has 0 spiro atoms. The van der Waals surface area contributed by atoms with Crippen molar-refractivity contribution in [3.05, 3.63) is 51.5 Å². The van der Waals surface area contributed by atoms with Gasteiger partial charge in [-0.05, 0) is 24.3 Å². The molecule has 0 radical (unpaired) electrons. The van der Waals surface area contributed by atoms with Gasteiger partial charge in [0.05, 0.1) is 18.0 Å². The molecule has 5 nitrogen and oxygen atoms in total. The molecule has 0 amide bonds. The molecule has 0 unspecified atom stereocenters. The first-order valence-corrected chi connectivity index (χ1v) is 4.99. The zero-order chi connectivity index (χ0) is 12.3. The van der Waals surface area contributed by atoms with Gasteiger partial charge in [-0.15, -0.1) is 0 Å². The average molecular weight is 248 g/mol. The number of hydrogen-bond donors (Lipinski definition) is 1. The molecule has 1 N–H and O–H groups in total. The molecule has 0 fully saturated rings. The molecule has 17 heavy (non-hydrogen) atoms. The number of aromatic amines is 1. The summed E-state index contributed by atoms with van der Waals surface area (Å²) >= 11 is 5.72. The van der Waals surface area contributed by atoms with Gasteiger partial charge in [-0.25, -0.2) is 4.98 Å². The van der Waals surface area contributed by atoms with E-state index in [0.717, 1.165) is 0 Å². The minimum Gasteiger partial charge on any atom is -0.437 e. The molecule has 84 valence electrons. The summed E-state index contributed by atoms with van der Waals surface area (Å²) < 4.78 is 5.32. The van der Waals surface area contributed by atoms with Crippen LogP contribution in [-0.4, -0.2) is 9.97 Å². The molecule has 0 saturated carbocycles. The lowest BCUT2D eigenvalue weighted by Gasteiger charge is -2.04. The zero-order valence-corrected chi connectivity index (χ0v) is 9.23. The summed E-state index contributed by atoms with van der Waals surface area (Å²) in [6, 6.07) is 8.36. The summed E-state index contributed by atoms with van der Waals surface area (Å²) in [5, 5.41) is 8.51. The van der Waals surface area contributed by atoms with Crippen LogP contribution in [0.4, 0.5) is 0 Å². The molecule has 0 bridgehead atoms. The van der Waals surface area contributed by atoms with Gasteiger partial charge >= 0.3 is 0 Å². The molecular formula is C11H6ClN3O2. The Balaban J connectivity index is 2.29. The van der Waals surface area contributed by atoms with Gasteiger partial charge in [0, 0.05) is 0 Å². The van der Waals surface area contributed by atoms with E-state index in [1.807, 2.05) is 6.07 Å². The van der Waals surface area contributed by atoms with Gasteiger partial charge in [-0.1, -0.05) is 11.6 Å². The largest absolute Gasteiger partial charge is 0.437 e. The fourth-order valence-electron chi connectivity index (χ4n) is 1.15. The Morgan fingerprint density at radius 3 is 2.71 bits per heavy atom. The number of halogens is 1. The van der Waals surface area contributed by atoms with Gasteiger partial charge in [0.1, 0.15) is 5.75 Å². The Kier molecular flexibility index (Phi) is 3.08. The molecule has 0 atom stereocenters. The van der Waals surface area contributed by atoms with Crippen LogP contribution in [0.3, 0.4) is 0 Å². The van der Waals surface area contributed by atoms with Gasteiger partial charge in [0.25, 0.3) is 5.56 Å². The second kappa shape index (κ2) is 4.68. The molecule has 6 heteroatoms. The highest BCUT2D eigenvalue weighted by molar-refractivity contribution is 6.31. The maximum absolute atomic E-state index is 11.2. The predicted octanol–water partition coefficient (Wildman–Crippen LogP) is 2.09. The summed E-state index contributed by atoms with van der Waals surface area (Å²) in [7, 11) is 0. The van der Waals surface area contributed by atoms with Crippen LogP contribution in [0, 0.1) is 11.3 Å². The molecule has 1 heterocycles. The highest BCUT2D eigenvalue weighted by Crippen LogP contribution is 2.23. The number of hydrogen-bond acceptors (Lipinski definition) is 4. The summed E-state index contributed by atoms with van der Waals surface area (Å²) in [6.45, 7) is 0. The highest BCUT2D eigenvalue weighted by atomic mass is 35.5. The predicted molar refractivity (Wildman–Crippen MR) is 61.1 cm³/mol. The van der Waals surface area contributed by atoms with Crippen molar-refractivity contribution >= 4 is 11.6 Å². The van der Waals surface area contributed by atoms with Crippen LogP contribution >= 0.6 is 11.6 Å². The van der Waals surface area contributed by atoms with Crippen molar-refractivity contribution in [2.75, 3.05) is 0 Å². The topological polar surface area (TPSA) is 78.8 Å². The summed E-state index contributed by atoms with van der Waals surface area (Å²) in [5.41, 5.74) is 0.0487. The van der Waals surface area contributed by atoms with Crippen molar-refractivity contribution in [3.63, 3.8) is 0 Å².